The molecular weight excluding hydrogens is 226 g/mol. The molecule has 1 heterocycles. The van der Waals surface area contributed by atoms with Crippen molar-refractivity contribution < 1.29 is 0 Å². The van der Waals surface area contributed by atoms with Gasteiger partial charge < -0.3 is 5.32 Å². The average molecular weight is 243 g/mol. The van der Waals surface area contributed by atoms with Crippen molar-refractivity contribution in [1.29, 1.82) is 0 Å². The highest BCUT2D eigenvalue weighted by Gasteiger charge is 2.06. The second-order valence-electron chi connectivity index (χ2n) is 4.25. The predicted molar refractivity (Wildman–Crippen MR) is 70.3 cm³/mol. The lowest BCUT2D eigenvalue weighted by Gasteiger charge is -2.04. The van der Waals surface area contributed by atoms with Crippen molar-refractivity contribution >= 4 is 0 Å². The lowest BCUT2D eigenvalue weighted by molar-refractivity contribution is 0.681. The molecule has 0 saturated carbocycles. The highest BCUT2D eigenvalue weighted by atomic mass is 15.5. The number of allylic oxidation sites excluding steroid dienone is 1. The van der Waals surface area contributed by atoms with Crippen molar-refractivity contribution in [1.82, 2.24) is 25.5 Å². The fourth-order valence-corrected chi connectivity index (χ4v) is 1.55. The Morgan fingerprint density at radius 3 is 2.78 bits per heavy atom. The van der Waals surface area contributed by atoms with E-state index in [0.29, 0.717) is 6.54 Å². The summed E-state index contributed by atoms with van der Waals surface area (Å²) >= 11 is 0. The molecule has 0 amide bonds. The molecule has 5 heteroatoms. The van der Waals surface area contributed by atoms with E-state index in [1.54, 1.807) is 4.68 Å². The summed E-state index contributed by atoms with van der Waals surface area (Å²) < 4.78 is 1.75. The SMILES string of the molecule is CC(C)=CCNCc1nnnn1-c1ccccc1. The van der Waals surface area contributed by atoms with Gasteiger partial charge in [0, 0.05) is 6.54 Å². The summed E-state index contributed by atoms with van der Waals surface area (Å²) in [6, 6.07) is 9.88. The molecule has 0 fully saturated rings. The summed E-state index contributed by atoms with van der Waals surface area (Å²) in [6.45, 7) is 5.63. The van der Waals surface area contributed by atoms with Crippen LogP contribution in [0.3, 0.4) is 0 Å². The van der Waals surface area contributed by atoms with E-state index >= 15 is 0 Å². The first-order chi connectivity index (χ1) is 8.77. The third-order valence-electron chi connectivity index (χ3n) is 2.47. The summed E-state index contributed by atoms with van der Waals surface area (Å²) in [5, 5.41) is 15.0. The monoisotopic (exact) mass is 243 g/mol. The maximum absolute atomic E-state index is 4.03. The topological polar surface area (TPSA) is 55.6 Å². The molecule has 2 rings (SSSR count). The lowest BCUT2D eigenvalue weighted by atomic mass is 10.3. The van der Waals surface area contributed by atoms with Gasteiger partial charge in [-0.15, -0.1) is 5.10 Å². The van der Waals surface area contributed by atoms with E-state index in [4.69, 9.17) is 0 Å². The first-order valence-corrected chi connectivity index (χ1v) is 5.94. The fourth-order valence-electron chi connectivity index (χ4n) is 1.55. The quantitative estimate of drug-likeness (QED) is 0.641. The van der Waals surface area contributed by atoms with Crippen molar-refractivity contribution in [3.63, 3.8) is 0 Å². The Bertz CT molecular complexity index is 511. The van der Waals surface area contributed by atoms with Crippen LogP contribution in [-0.2, 0) is 6.54 Å². The van der Waals surface area contributed by atoms with E-state index in [0.717, 1.165) is 18.1 Å². The summed E-state index contributed by atoms with van der Waals surface area (Å²) in [4.78, 5) is 0. The molecule has 1 aromatic heterocycles. The number of aromatic nitrogens is 4. The zero-order valence-corrected chi connectivity index (χ0v) is 10.7. The molecule has 0 bridgehead atoms. The van der Waals surface area contributed by atoms with E-state index in [-0.39, 0.29) is 0 Å². The van der Waals surface area contributed by atoms with Gasteiger partial charge in [0.25, 0.3) is 0 Å². The van der Waals surface area contributed by atoms with Crippen molar-refractivity contribution in [2.24, 2.45) is 0 Å². The number of hydrogen-bond donors (Lipinski definition) is 1. The van der Waals surface area contributed by atoms with E-state index in [9.17, 15) is 0 Å². The van der Waals surface area contributed by atoms with Gasteiger partial charge >= 0.3 is 0 Å². The van der Waals surface area contributed by atoms with Crippen LogP contribution in [0.4, 0.5) is 0 Å². The first-order valence-electron chi connectivity index (χ1n) is 5.94. The molecule has 1 N–H and O–H groups in total. The molecule has 0 radical (unpaired) electrons. The molecule has 0 unspecified atom stereocenters. The number of tetrazole rings is 1. The minimum atomic E-state index is 0.645. The molecule has 5 nitrogen and oxygen atoms in total. The van der Waals surface area contributed by atoms with Gasteiger partial charge in [-0.2, -0.15) is 4.68 Å². The van der Waals surface area contributed by atoms with Gasteiger partial charge in [-0.1, -0.05) is 29.8 Å². The zero-order chi connectivity index (χ0) is 12.8. The van der Waals surface area contributed by atoms with Gasteiger partial charge in [0.1, 0.15) is 0 Å². The summed E-state index contributed by atoms with van der Waals surface area (Å²) in [5.74, 6) is 0.809. The standard InChI is InChI=1S/C13H17N5/c1-11(2)8-9-14-10-13-15-16-17-18(13)12-6-4-3-5-7-12/h3-8,14H,9-10H2,1-2H3. The van der Waals surface area contributed by atoms with Crippen LogP contribution in [-0.4, -0.2) is 26.8 Å². The van der Waals surface area contributed by atoms with Gasteiger partial charge in [-0.05, 0) is 36.4 Å². The number of rotatable bonds is 5. The van der Waals surface area contributed by atoms with Crippen LogP contribution in [0.5, 0.6) is 0 Å². The number of para-hydroxylation sites is 1. The van der Waals surface area contributed by atoms with Crippen molar-refractivity contribution in [2.45, 2.75) is 20.4 Å². The predicted octanol–water partition coefficient (Wildman–Crippen LogP) is 1.72. The molecule has 0 atom stereocenters. The fraction of sp³-hybridized carbons (Fsp3) is 0.308. The summed E-state index contributed by atoms with van der Waals surface area (Å²) in [7, 11) is 0. The molecule has 18 heavy (non-hydrogen) atoms. The van der Waals surface area contributed by atoms with Crippen LogP contribution in [0.25, 0.3) is 5.69 Å². The van der Waals surface area contributed by atoms with Gasteiger partial charge in [-0.3, -0.25) is 0 Å². The van der Waals surface area contributed by atoms with Crippen LogP contribution in [0.15, 0.2) is 42.0 Å². The van der Waals surface area contributed by atoms with Crippen molar-refractivity contribution in [3.05, 3.63) is 47.8 Å². The van der Waals surface area contributed by atoms with E-state index in [1.165, 1.54) is 5.57 Å². The Balaban J connectivity index is 2.03. The van der Waals surface area contributed by atoms with E-state index in [2.05, 4.69) is 40.8 Å². The second kappa shape index (κ2) is 6.07. The summed E-state index contributed by atoms with van der Waals surface area (Å²) in [6.07, 6.45) is 2.14. The Hall–Kier alpha value is -2.01. The molecular formula is C13H17N5. The van der Waals surface area contributed by atoms with Crippen LogP contribution in [0.2, 0.25) is 0 Å². The molecule has 94 valence electrons. The second-order valence-corrected chi connectivity index (χ2v) is 4.25. The molecule has 0 aliphatic rings. The maximum Gasteiger partial charge on any atom is 0.170 e. The molecule has 2 aromatic rings. The van der Waals surface area contributed by atoms with Crippen LogP contribution in [0, 0.1) is 0 Å². The Morgan fingerprint density at radius 1 is 1.28 bits per heavy atom. The minimum absolute atomic E-state index is 0.645. The molecule has 0 aliphatic heterocycles. The number of nitrogens with zero attached hydrogens (tertiary/aromatic N) is 4. The summed E-state index contributed by atoms with van der Waals surface area (Å²) in [5.41, 5.74) is 2.27. The van der Waals surface area contributed by atoms with Crippen LogP contribution < -0.4 is 5.32 Å². The van der Waals surface area contributed by atoms with Gasteiger partial charge in [0.2, 0.25) is 0 Å². The van der Waals surface area contributed by atoms with E-state index in [1.807, 2.05) is 30.3 Å². The third-order valence-corrected chi connectivity index (χ3v) is 2.47. The van der Waals surface area contributed by atoms with Gasteiger partial charge in [0.15, 0.2) is 5.82 Å². The largest absolute Gasteiger partial charge is 0.306 e. The number of benzene rings is 1. The Morgan fingerprint density at radius 2 is 2.06 bits per heavy atom. The van der Waals surface area contributed by atoms with Crippen molar-refractivity contribution in [2.75, 3.05) is 6.54 Å². The normalized spacial score (nSPS) is 10.3. The highest BCUT2D eigenvalue weighted by molar-refractivity contribution is 5.30. The van der Waals surface area contributed by atoms with Crippen molar-refractivity contribution in [3.8, 4) is 5.69 Å². The first kappa shape index (κ1) is 12.4. The maximum atomic E-state index is 4.03. The zero-order valence-electron chi connectivity index (χ0n) is 10.7. The van der Waals surface area contributed by atoms with E-state index < -0.39 is 0 Å². The molecule has 1 aromatic carbocycles. The Labute approximate surface area is 107 Å². The van der Waals surface area contributed by atoms with Crippen LogP contribution in [0.1, 0.15) is 19.7 Å². The molecule has 0 spiro atoms. The molecule has 0 aliphatic carbocycles. The van der Waals surface area contributed by atoms with Crippen LogP contribution >= 0.6 is 0 Å². The lowest BCUT2D eigenvalue weighted by Crippen LogP contribution is -2.17. The minimum Gasteiger partial charge on any atom is -0.306 e. The smallest absolute Gasteiger partial charge is 0.170 e. The third kappa shape index (κ3) is 3.24. The highest BCUT2D eigenvalue weighted by Crippen LogP contribution is 2.06. The molecule has 0 saturated heterocycles. The average Bonchev–Trinajstić information content (AvgIpc) is 2.84. The van der Waals surface area contributed by atoms with Gasteiger partial charge in [0.05, 0.1) is 12.2 Å². The Kier molecular flexibility index (Phi) is 4.20. The number of nitrogens with one attached hydrogen (secondary N) is 1. The van der Waals surface area contributed by atoms with Gasteiger partial charge in [-0.25, -0.2) is 0 Å². The number of hydrogen-bond acceptors (Lipinski definition) is 4.